The van der Waals surface area contributed by atoms with Crippen LogP contribution < -0.4 is 5.32 Å². The van der Waals surface area contributed by atoms with E-state index >= 15 is 0 Å². The molecule has 2 aromatic rings. The van der Waals surface area contributed by atoms with E-state index in [9.17, 15) is 0 Å². The maximum atomic E-state index is 5.39. The summed E-state index contributed by atoms with van der Waals surface area (Å²) >= 11 is 5.20. The molecule has 0 aliphatic rings. The first-order chi connectivity index (χ1) is 12.8. The van der Waals surface area contributed by atoms with Gasteiger partial charge < -0.3 is 0 Å². The molecule has 2 atom stereocenters. The number of nitrogens with zero attached hydrogens (tertiary/aromatic N) is 2. The molecule has 8 heteroatoms. The second-order valence-electron chi connectivity index (χ2n) is 7.24. The molecule has 0 amide bonds. The summed E-state index contributed by atoms with van der Waals surface area (Å²) in [4.78, 5) is 4.49. The van der Waals surface area contributed by atoms with Gasteiger partial charge in [-0.3, -0.25) is 0 Å². The van der Waals surface area contributed by atoms with Crippen LogP contribution >= 0.6 is 23.3 Å². The average Bonchev–Trinajstić information content (AvgIpc) is 3.08. The minimum absolute atomic E-state index is 0.0614. The number of hydrogen-bond donors (Lipinski definition) is 1. The topological polar surface area (TPSA) is 46.4 Å². The van der Waals surface area contributed by atoms with E-state index in [1.165, 1.54) is 10.3 Å². The molecule has 0 spiro atoms. The number of rotatable bonds is 9. The van der Waals surface area contributed by atoms with Crippen LogP contribution in [0.1, 0.15) is 39.3 Å². The normalized spacial score (nSPS) is 14.4. The molecule has 1 aromatic heterocycles. The van der Waals surface area contributed by atoms with Gasteiger partial charge in [-0.15, -0.1) is 0 Å². The third-order valence-electron chi connectivity index (χ3n) is 3.98. The van der Waals surface area contributed by atoms with Gasteiger partial charge in [0.25, 0.3) is 0 Å². The van der Waals surface area contributed by atoms with Gasteiger partial charge >= 0.3 is 181 Å². The van der Waals surface area contributed by atoms with Crippen LogP contribution in [0.15, 0.2) is 23.7 Å². The minimum atomic E-state index is -0.285. The SMILES string of the molecule is COC(OC)[C@@H](C)NC[C@H](c1ccc2scnc2c1)[N+](=[C]=[Os])SC(C)(C)C. The Kier molecular flexibility index (Phi) is 8.77. The van der Waals surface area contributed by atoms with Crippen molar-refractivity contribution < 1.29 is 31.6 Å². The molecule has 150 valence electrons. The first-order valence-corrected chi connectivity index (χ1v) is 11.7. The van der Waals surface area contributed by atoms with Crippen LogP contribution in [0.25, 0.3) is 10.2 Å². The summed E-state index contributed by atoms with van der Waals surface area (Å²) in [6, 6.07) is 6.71. The van der Waals surface area contributed by atoms with Crippen molar-refractivity contribution in [3.8, 4) is 0 Å². The van der Waals surface area contributed by atoms with Gasteiger partial charge in [0.05, 0.1) is 0 Å². The number of methoxy groups -OCH3 is 2. The van der Waals surface area contributed by atoms with Crippen LogP contribution in [-0.4, -0.2) is 51.2 Å². The van der Waals surface area contributed by atoms with Gasteiger partial charge in [-0.1, -0.05) is 0 Å². The zero-order valence-corrected chi connectivity index (χ0v) is 20.8. The van der Waals surface area contributed by atoms with Crippen LogP contribution in [0.5, 0.6) is 0 Å². The number of thiazole rings is 1. The van der Waals surface area contributed by atoms with Gasteiger partial charge in [-0.2, -0.15) is 0 Å². The molecule has 5 nitrogen and oxygen atoms in total. The third kappa shape index (κ3) is 6.54. The molecular weight excluding hydrogens is 557 g/mol. The number of hydrogen-bond acceptors (Lipinski definition) is 6. The fourth-order valence-electron chi connectivity index (χ4n) is 2.75. The predicted molar refractivity (Wildman–Crippen MR) is 110 cm³/mol. The van der Waals surface area contributed by atoms with Crippen LogP contribution in [0.2, 0.25) is 0 Å². The second-order valence-corrected chi connectivity index (χ2v) is 10.5. The van der Waals surface area contributed by atoms with E-state index in [1.54, 1.807) is 55.7 Å². The number of benzene rings is 1. The molecule has 0 fully saturated rings. The molecule has 0 aliphatic heterocycles. The summed E-state index contributed by atoms with van der Waals surface area (Å²) in [5, 5.41) is 3.57. The molecule has 0 saturated heterocycles. The Balaban J connectivity index is 2.31. The summed E-state index contributed by atoms with van der Waals surface area (Å²) in [5.74, 6) is 0. The van der Waals surface area contributed by atoms with E-state index in [0.717, 1.165) is 12.1 Å². The molecular formula is C19H28N3O2OsS2+. The zero-order chi connectivity index (χ0) is 20.0. The molecule has 0 unspecified atom stereocenters. The predicted octanol–water partition coefficient (Wildman–Crippen LogP) is 3.85. The standard InChI is InChI=1S/C19H28N3O2S2.Os/c1-13(18(23-6)24-7)20-11-16(22(5)26-19(2,3)4)14-8-9-17-15(10-14)21-12-25-17;/h8-10,12-13,16,18,20H,11H2,1-4,6-7H3;/q+1;/t13-,16-;/m1./s1. The maximum absolute atomic E-state index is 5.39. The van der Waals surface area contributed by atoms with Gasteiger partial charge in [0.2, 0.25) is 0 Å². The van der Waals surface area contributed by atoms with Crippen LogP contribution in [0.4, 0.5) is 0 Å². The van der Waals surface area contributed by atoms with Crippen molar-refractivity contribution in [2.75, 3.05) is 20.8 Å². The first kappa shape index (κ1) is 22.8. The van der Waals surface area contributed by atoms with E-state index in [4.69, 9.17) is 9.47 Å². The zero-order valence-electron chi connectivity index (χ0n) is 16.6. The van der Waals surface area contributed by atoms with Crippen molar-refractivity contribution in [2.24, 2.45) is 0 Å². The molecule has 0 radical (unpaired) electrons. The van der Waals surface area contributed by atoms with Crippen LogP contribution in [-0.2, 0) is 27.6 Å². The summed E-state index contributed by atoms with van der Waals surface area (Å²) < 4.78 is 17.7. The summed E-state index contributed by atoms with van der Waals surface area (Å²) in [6.07, 6.45) is -0.285. The molecule has 1 N–H and O–H groups in total. The Morgan fingerprint density at radius 2 is 2.04 bits per heavy atom. The van der Waals surface area contributed by atoms with Crippen LogP contribution in [0, 0.1) is 0 Å². The van der Waals surface area contributed by atoms with E-state index in [2.05, 4.69) is 64.5 Å². The fraction of sp³-hybridized carbons (Fsp3) is 0.579. The number of nitrogens with one attached hydrogen (secondary N) is 1. The van der Waals surface area contributed by atoms with E-state index in [-0.39, 0.29) is 23.1 Å². The van der Waals surface area contributed by atoms with Crippen molar-refractivity contribution in [1.29, 1.82) is 0 Å². The van der Waals surface area contributed by atoms with Gasteiger partial charge in [-0.25, -0.2) is 0 Å². The van der Waals surface area contributed by atoms with Gasteiger partial charge in [0.1, 0.15) is 0 Å². The molecule has 0 saturated carbocycles. The molecule has 0 aliphatic carbocycles. The second kappa shape index (κ2) is 10.4. The molecule has 0 bridgehead atoms. The van der Waals surface area contributed by atoms with Crippen molar-refractivity contribution in [3.05, 3.63) is 29.3 Å². The van der Waals surface area contributed by atoms with Gasteiger partial charge in [0, 0.05) is 0 Å². The number of aromatic nitrogens is 1. The van der Waals surface area contributed by atoms with E-state index in [1.807, 2.05) is 5.51 Å². The van der Waals surface area contributed by atoms with E-state index < -0.39 is 0 Å². The van der Waals surface area contributed by atoms with Crippen molar-refractivity contribution in [2.45, 2.75) is 50.8 Å². The Labute approximate surface area is 180 Å². The van der Waals surface area contributed by atoms with E-state index in [0.29, 0.717) is 0 Å². The quantitative estimate of drug-likeness (QED) is 0.210. The van der Waals surface area contributed by atoms with Crippen molar-refractivity contribution in [1.82, 2.24) is 10.3 Å². The Morgan fingerprint density at radius 3 is 2.63 bits per heavy atom. The van der Waals surface area contributed by atoms with Crippen LogP contribution in [0.3, 0.4) is 0 Å². The molecule has 1 aromatic carbocycles. The summed E-state index contributed by atoms with van der Waals surface area (Å²) in [7, 11) is 3.33. The average molecular weight is 585 g/mol. The Bertz CT molecular complexity index is 796. The number of ether oxygens (including phenoxy) is 2. The van der Waals surface area contributed by atoms with Crippen molar-refractivity contribution in [3.63, 3.8) is 0 Å². The van der Waals surface area contributed by atoms with Gasteiger partial charge in [-0.05, 0) is 0 Å². The monoisotopic (exact) mass is 586 g/mol. The first-order valence-electron chi connectivity index (χ1n) is 8.74. The third-order valence-corrected chi connectivity index (χ3v) is 6.88. The fourth-order valence-corrected chi connectivity index (χ4v) is 5.09. The Morgan fingerprint density at radius 1 is 1.33 bits per heavy atom. The summed E-state index contributed by atoms with van der Waals surface area (Å²) in [6.45, 7) is 9.46. The molecule has 27 heavy (non-hydrogen) atoms. The molecule has 1 heterocycles. The van der Waals surface area contributed by atoms with Gasteiger partial charge in [0.15, 0.2) is 0 Å². The summed E-state index contributed by atoms with van der Waals surface area (Å²) in [5.41, 5.74) is 4.16. The Hall–Kier alpha value is -0.444. The molecule has 2 rings (SSSR count). The number of fused-ring (bicyclic) bond motifs is 1. The van der Waals surface area contributed by atoms with Crippen molar-refractivity contribution >= 4 is 37.9 Å².